The fraction of sp³-hybridized carbons (Fsp3) is 0.286. The van der Waals surface area contributed by atoms with E-state index in [1.807, 2.05) is 0 Å². The van der Waals surface area contributed by atoms with Gasteiger partial charge < -0.3 is 10.1 Å². The highest BCUT2D eigenvalue weighted by molar-refractivity contribution is 6.34. The van der Waals surface area contributed by atoms with E-state index in [0.29, 0.717) is 0 Å². The quantitative estimate of drug-likeness (QED) is 0.480. The lowest BCUT2D eigenvalue weighted by atomic mass is 10.3. The second kappa shape index (κ2) is 4.43. The number of esters is 1. The number of rotatable bonds is 2. The van der Waals surface area contributed by atoms with Gasteiger partial charge in [0, 0.05) is 7.05 Å². The van der Waals surface area contributed by atoms with Crippen LogP contribution in [0.25, 0.3) is 0 Å². The summed E-state index contributed by atoms with van der Waals surface area (Å²) >= 11 is 11.3. The third-order valence-corrected chi connectivity index (χ3v) is 1.91. The van der Waals surface area contributed by atoms with Crippen molar-refractivity contribution in [3.63, 3.8) is 0 Å². The first-order chi connectivity index (χ1) is 6.60. The summed E-state index contributed by atoms with van der Waals surface area (Å²) in [7, 11) is 2.83. The van der Waals surface area contributed by atoms with Crippen LogP contribution in [0, 0.1) is 0 Å². The number of ether oxygens (including phenoxy) is 1. The monoisotopic (exact) mass is 235 g/mol. The second-order valence-electron chi connectivity index (χ2n) is 2.25. The topological polar surface area (TPSA) is 64.1 Å². The molecule has 0 saturated heterocycles. The molecule has 5 nitrogen and oxygen atoms in total. The van der Waals surface area contributed by atoms with Crippen LogP contribution in [-0.2, 0) is 4.74 Å². The van der Waals surface area contributed by atoms with Crippen LogP contribution in [-0.4, -0.2) is 30.1 Å². The molecule has 0 spiro atoms. The molecule has 0 fully saturated rings. The summed E-state index contributed by atoms with van der Waals surface area (Å²) in [5, 5.41) is 2.60. The van der Waals surface area contributed by atoms with E-state index >= 15 is 0 Å². The molecule has 0 unspecified atom stereocenters. The fourth-order valence-corrected chi connectivity index (χ4v) is 1.33. The molecular weight excluding hydrogens is 229 g/mol. The Labute approximate surface area is 90.4 Å². The lowest BCUT2D eigenvalue weighted by Gasteiger charge is -2.07. The minimum absolute atomic E-state index is 0.0352. The van der Waals surface area contributed by atoms with E-state index in [4.69, 9.17) is 23.2 Å². The third-order valence-electron chi connectivity index (χ3n) is 1.46. The molecule has 0 saturated carbocycles. The first kappa shape index (κ1) is 11.0. The van der Waals surface area contributed by atoms with Gasteiger partial charge >= 0.3 is 5.97 Å². The zero-order chi connectivity index (χ0) is 10.7. The average Bonchev–Trinajstić information content (AvgIpc) is 2.15. The number of carbonyl (C=O) groups is 1. The van der Waals surface area contributed by atoms with E-state index in [1.165, 1.54) is 7.11 Å². The highest BCUT2D eigenvalue weighted by Gasteiger charge is 2.19. The van der Waals surface area contributed by atoms with Gasteiger partial charge in [-0.15, -0.1) is 0 Å². The van der Waals surface area contributed by atoms with Gasteiger partial charge in [0.15, 0.2) is 5.15 Å². The van der Waals surface area contributed by atoms with E-state index in [2.05, 4.69) is 20.0 Å². The Hall–Kier alpha value is -1.07. The summed E-state index contributed by atoms with van der Waals surface area (Å²) in [6.45, 7) is 0. The molecule has 0 amide bonds. The van der Waals surface area contributed by atoms with Crippen molar-refractivity contribution in [3.8, 4) is 0 Å². The Kier molecular flexibility index (Phi) is 3.49. The summed E-state index contributed by atoms with van der Waals surface area (Å²) in [6.07, 6.45) is 0. The first-order valence-corrected chi connectivity index (χ1v) is 4.34. The largest absolute Gasteiger partial charge is 0.465 e. The van der Waals surface area contributed by atoms with Crippen molar-refractivity contribution in [1.29, 1.82) is 0 Å². The lowest BCUT2D eigenvalue weighted by Crippen LogP contribution is -2.09. The smallest absolute Gasteiger partial charge is 0.344 e. The first-order valence-electron chi connectivity index (χ1n) is 3.59. The van der Waals surface area contributed by atoms with Gasteiger partial charge in [0.25, 0.3) is 0 Å². The molecule has 0 aliphatic rings. The number of carbonyl (C=O) groups excluding carboxylic acids is 1. The number of nitrogens with one attached hydrogen (secondary N) is 1. The Morgan fingerprint density at radius 2 is 2.07 bits per heavy atom. The number of anilines is 1. The van der Waals surface area contributed by atoms with Crippen LogP contribution < -0.4 is 5.32 Å². The molecule has 1 aromatic heterocycles. The predicted molar refractivity (Wildman–Crippen MR) is 52.9 cm³/mol. The average molecular weight is 236 g/mol. The van der Waals surface area contributed by atoms with Gasteiger partial charge in [-0.3, -0.25) is 0 Å². The minimum Gasteiger partial charge on any atom is -0.465 e. The van der Waals surface area contributed by atoms with Crippen LogP contribution in [0.15, 0.2) is 0 Å². The molecule has 1 rings (SSSR count). The van der Waals surface area contributed by atoms with Crippen molar-refractivity contribution >= 4 is 35.0 Å². The van der Waals surface area contributed by atoms with Gasteiger partial charge in [-0.2, -0.15) is 4.98 Å². The second-order valence-corrected chi connectivity index (χ2v) is 2.94. The third kappa shape index (κ3) is 2.05. The molecular formula is C7H7Cl2N3O2. The number of nitrogens with zero attached hydrogens (tertiary/aromatic N) is 2. The maximum Gasteiger partial charge on any atom is 0.344 e. The molecule has 0 radical (unpaired) electrons. The molecule has 0 aliphatic heterocycles. The van der Waals surface area contributed by atoms with Gasteiger partial charge in [-0.25, -0.2) is 9.78 Å². The molecule has 7 heteroatoms. The molecule has 0 atom stereocenters. The van der Waals surface area contributed by atoms with E-state index < -0.39 is 5.97 Å². The summed E-state index contributed by atoms with van der Waals surface area (Å²) in [6, 6.07) is 0. The summed E-state index contributed by atoms with van der Waals surface area (Å²) in [4.78, 5) is 18.7. The Morgan fingerprint density at radius 1 is 1.43 bits per heavy atom. The van der Waals surface area contributed by atoms with Gasteiger partial charge in [0.05, 0.1) is 7.11 Å². The van der Waals surface area contributed by atoms with Crippen LogP contribution in [0.5, 0.6) is 0 Å². The molecule has 1 N–H and O–H groups in total. The highest BCUT2D eigenvalue weighted by Crippen LogP contribution is 2.23. The number of hydrogen-bond donors (Lipinski definition) is 1. The van der Waals surface area contributed by atoms with E-state index in [-0.39, 0.29) is 21.8 Å². The van der Waals surface area contributed by atoms with Crippen LogP contribution in [0.4, 0.5) is 5.82 Å². The molecule has 1 heterocycles. The van der Waals surface area contributed by atoms with Gasteiger partial charge in [-0.1, -0.05) is 11.6 Å². The summed E-state index contributed by atoms with van der Waals surface area (Å²) < 4.78 is 4.51. The SMILES string of the molecule is CNc1nc(Cl)nc(Cl)c1C(=O)OC. The lowest BCUT2D eigenvalue weighted by molar-refractivity contribution is 0.0601. The number of aromatic nitrogens is 2. The van der Waals surface area contributed by atoms with E-state index in [1.54, 1.807) is 7.05 Å². The zero-order valence-electron chi connectivity index (χ0n) is 7.47. The Balaban J connectivity index is 3.32. The molecule has 0 bridgehead atoms. The number of methoxy groups -OCH3 is 1. The zero-order valence-corrected chi connectivity index (χ0v) is 8.98. The molecule has 76 valence electrons. The van der Waals surface area contributed by atoms with Crippen molar-refractivity contribution in [1.82, 2.24) is 9.97 Å². The van der Waals surface area contributed by atoms with Crippen molar-refractivity contribution in [2.75, 3.05) is 19.5 Å². The maximum absolute atomic E-state index is 11.3. The summed E-state index contributed by atoms with van der Waals surface area (Å²) in [5.74, 6) is -0.377. The Morgan fingerprint density at radius 3 is 2.57 bits per heavy atom. The standard InChI is InChI=1S/C7H7Cl2N3O2/c1-10-5-3(6(13)14-2)4(8)11-7(9)12-5/h1-2H3,(H,10,11,12). The summed E-state index contributed by atoms with van der Waals surface area (Å²) in [5.41, 5.74) is 0.0704. The van der Waals surface area contributed by atoms with E-state index in [0.717, 1.165) is 0 Å². The maximum atomic E-state index is 11.3. The Bertz CT molecular complexity index is 370. The fourth-order valence-electron chi connectivity index (χ4n) is 0.872. The van der Waals surface area contributed by atoms with Crippen LogP contribution in [0.1, 0.15) is 10.4 Å². The van der Waals surface area contributed by atoms with Crippen molar-refractivity contribution in [2.24, 2.45) is 0 Å². The van der Waals surface area contributed by atoms with Gasteiger partial charge in [0.1, 0.15) is 11.4 Å². The predicted octanol–water partition coefficient (Wildman–Crippen LogP) is 1.61. The highest BCUT2D eigenvalue weighted by atomic mass is 35.5. The van der Waals surface area contributed by atoms with Crippen LogP contribution in [0.2, 0.25) is 10.4 Å². The van der Waals surface area contributed by atoms with Gasteiger partial charge in [-0.05, 0) is 11.6 Å². The van der Waals surface area contributed by atoms with Crippen molar-refractivity contribution in [3.05, 3.63) is 16.0 Å². The van der Waals surface area contributed by atoms with Crippen molar-refractivity contribution in [2.45, 2.75) is 0 Å². The van der Waals surface area contributed by atoms with Crippen molar-refractivity contribution < 1.29 is 9.53 Å². The number of halogens is 2. The molecule has 0 aliphatic carbocycles. The molecule has 14 heavy (non-hydrogen) atoms. The van der Waals surface area contributed by atoms with Crippen LogP contribution >= 0.6 is 23.2 Å². The molecule has 0 aromatic carbocycles. The van der Waals surface area contributed by atoms with Crippen LogP contribution in [0.3, 0.4) is 0 Å². The normalized spacial score (nSPS) is 9.71. The van der Waals surface area contributed by atoms with Gasteiger partial charge in [0.2, 0.25) is 5.28 Å². The number of hydrogen-bond acceptors (Lipinski definition) is 5. The van der Waals surface area contributed by atoms with E-state index in [9.17, 15) is 4.79 Å². The molecule has 1 aromatic rings. The minimum atomic E-state index is -0.615.